The number of aliphatic carboxylic acids is 1. The largest absolute Gasteiger partial charge is 0.480 e. The molecule has 90 valence electrons. The summed E-state index contributed by atoms with van der Waals surface area (Å²) in [5, 5.41) is 8.93. The number of nitrogens with two attached hydrogens (primary N) is 1. The Hall–Kier alpha value is -1.95. The average molecular weight is 234 g/mol. The smallest absolute Gasteiger partial charge is 0.325 e. The maximum atomic E-state index is 10.9. The number of hydrogen-bond donors (Lipinski definition) is 3. The van der Waals surface area contributed by atoms with Crippen molar-refractivity contribution < 1.29 is 9.90 Å². The molecule has 0 saturated heterocycles. The van der Waals surface area contributed by atoms with Crippen molar-refractivity contribution in [1.82, 2.24) is 15.0 Å². The van der Waals surface area contributed by atoms with Gasteiger partial charge in [-0.25, -0.2) is 9.97 Å². The summed E-state index contributed by atoms with van der Waals surface area (Å²) in [5.41, 5.74) is 7.22. The number of carboxylic acids is 1. The highest BCUT2D eigenvalue weighted by molar-refractivity contribution is 5.84. The van der Waals surface area contributed by atoms with Gasteiger partial charge in [-0.2, -0.15) is 0 Å². The third kappa shape index (κ3) is 1.99. The van der Waals surface area contributed by atoms with Gasteiger partial charge in [0, 0.05) is 17.7 Å². The number of fused-ring (bicyclic) bond motifs is 1. The summed E-state index contributed by atoms with van der Waals surface area (Å²) in [6, 6.07) is 0.532. The number of rotatable bonds is 3. The molecular formula is C11H14N4O2. The van der Waals surface area contributed by atoms with Crippen molar-refractivity contribution in [3.63, 3.8) is 0 Å². The van der Waals surface area contributed by atoms with Crippen LogP contribution in [0.15, 0.2) is 12.3 Å². The van der Waals surface area contributed by atoms with E-state index in [1.54, 1.807) is 6.07 Å². The van der Waals surface area contributed by atoms with E-state index < -0.39 is 12.0 Å². The molecule has 0 saturated carbocycles. The van der Waals surface area contributed by atoms with Gasteiger partial charge in [0.25, 0.3) is 0 Å². The molecule has 0 spiro atoms. The van der Waals surface area contributed by atoms with Gasteiger partial charge >= 0.3 is 5.97 Å². The summed E-state index contributed by atoms with van der Waals surface area (Å²) >= 11 is 0. The highest BCUT2D eigenvalue weighted by atomic mass is 16.4. The van der Waals surface area contributed by atoms with Gasteiger partial charge < -0.3 is 15.8 Å². The van der Waals surface area contributed by atoms with Crippen molar-refractivity contribution in [2.24, 2.45) is 5.73 Å². The lowest BCUT2D eigenvalue weighted by Gasteiger charge is -2.06. The molecule has 1 unspecified atom stereocenters. The topological polar surface area (TPSA) is 105 Å². The number of nitrogens with zero attached hydrogens (tertiary/aromatic N) is 2. The average Bonchev–Trinajstić information content (AvgIpc) is 2.71. The molecule has 0 amide bonds. The molecule has 0 aliphatic carbocycles. The SMILES string of the molecule is CC(C)c1nc2nccc(C(N)C(=O)O)c2[nH]1. The van der Waals surface area contributed by atoms with Crippen LogP contribution in [0.3, 0.4) is 0 Å². The number of pyridine rings is 1. The van der Waals surface area contributed by atoms with Crippen LogP contribution in [0.5, 0.6) is 0 Å². The number of aromatic amines is 1. The zero-order valence-electron chi connectivity index (χ0n) is 9.64. The Labute approximate surface area is 97.9 Å². The highest BCUT2D eigenvalue weighted by Crippen LogP contribution is 2.22. The number of nitrogens with one attached hydrogen (secondary N) is 1. The fourth-order valence-corrected chi connectivity index (χ4v) is 1.61. The van der Waals surface area contributed by atoms with Crippen LogP contribution in [-0.4, -0.2) is 26.0 Å². The molecule has 6 heteroatoms. The second kappa shape index (κ2) is 4.14. The van der Waals surface area contributed by atoms with E-state index in [4.69, 9.17) is 10.8 Å². The van der Waals surface area contributed by atoms with Crippen molar-refractivity contribution in [3.05, 3.63) is 23.7 Å². The van der Waals surface area contributed by atoms with Crippen LogP contribution in [0.4, 0.5) is 0 Å². The molecule has 0 fully saturated rings. The maximum Gasteiger partial charge on any atom is 0.325 e. The van der Waals surface area contributed by atoms with Crippen LogP contribution in [-0.2, 0) is 4.79 Å². The predicted molar refractivity (Wildman–Crippen MR) is 62.5 cm³/mol. The number of H-pyrrole nitrogens is 1. The minimum Gasteiger partial charge on any atom is -0.480 e. The van der Waals surface area contributed by atoms with E-state index in [9.17, 15) is 4.79 Å². The van der Waals surface area contributed by atoms with E-state index in [0.717, 1.165) is 5.82 Å². The summed E-state index contributed by atoms with van der Waals surface area (Å²) in [5.74, 6) is -0.0751. The zero-order valence-corrected chi connectivity index (χ0v) is 9.64. The molecule has 0 aromatic carbocycles. The van der Waals surface area contributed by atoms with Crippen molar-refractivity contribution in [2.75, 3.05) is 0 Å². The summed E-state index contributed by atoms with van der Waals surface area (Å²) in [6.07, 6.45) is 1.52. The minimum absolute atomic E-state index is 0.220. The zero-order chi connectivity index (χ0) is 12.6. The summed E-state index contributed by atoms with van der Waals surface area (Å²) in [6.45, 7) is 3.99. The molecule has 0 aliphatic rings. The molecule has 2 rings (SSSR count). The van der Waals surface area contributed by atoms with Crippen molar-refractivity contribution in [3.8, 4) is 0 Å². The quantitative estimate of drug-likeness (QED) is 0.739. The predicted octanol–water partition coefficient (Wildman–Crippen LogP) is 1.17. The molecule has 2 aromatic heterocycles. The molecule has 0 radical (unpaired) electrons. The van der Waals surface area contributed by atoms with Crippen LogP contribution in [0, 0.1) is 0 Å². The number of imidazole rings is 1. The van der Waals surface area contributed by atoms with Gasteiger partial charge in [-0.1, -0.05) is 13.8 Å². The Morgan fingerprint density at radius 2 is 2.24 bits per heavy atom. The van der Waals surface area contributed by atoms with Gasteiger partial charge in [-0.05, 0) is 6.07 Å². The molecule has 4 N–H and O–H groups in total. The first-order valence-corrected chi connectivity index (χ1v) is 5.33. The number of hydrogen-bond acceptors (Lipinski definition) is 4. The van der Waals surface area contributed by atoms with E-state index in [-0.39, 0.29) is 5.92 Å². The molecule has 2 heterocycles. The maximum absolute atomic E-state index is 10.9. The van der Waals surface area contributed by atoms with Gasteiger partial charge in [-0.15, -0.1) is 0 Å². The first-order chi connectivity index (χ1) is 8.00. The molecule has 0 bridgehead atoms. The third-order valence-corrected chi connectivity index (χ3v) is 2.59. The summed E-state index contributed by atoms with van der Waals surface area (Å²) in [4.78, 5) is 22.4. The van der Waals surface area contributed by atoms with E-state index in [0.29, 0.717) is 16.7 Å². The summed E-state index contributed by atoms with van der Waals surface area (Å²) in [7, 11) is 0. The number of aromatic nitrogens is 3. The van der Waals surface area contributed by atoms with E-state index in [1.165, 1.54) is 6.20 Å². The molecule has 0 aliphatic heterocycles. The third-order valence-electron chi connectivity index (χ3n) is 2.59. The van der Waals surface area contributed by atoms with Gasteiger partial charge in [0.15, 0.2) is 5.65 Å². The second-order valence-electron chi connectivity index (χ2n) is 4.19. The lowest BCUT2D eigenvalue weighted by molar-refractivity contribution is -0.138. The molecular weight excluding hydrogens is 220 g/mol. The Morgan fingerprint density at radius 3 is 2.82 bits per heavy atom. The fourth-order valence-electron chi connectivity index (χ4n) is 1.61. The molecule has 6 nitrogen and oxygen atoms in total. The standard InChI is InChI=1S/C11H14N4O2/c1-5(2)9-14-8-6(7(12)11(16)17)3-4-13-10(8)15-9/h3-5,7H,12H2,1-2H3,(H,16,17)(H,13,14,15). The van der Waals surface area contributed by atoms with Crippen LogP contribution in [0.2, 0.25) is 0 Å². The monoisotopic (exact) mass is 234 g/mol. The van der Waals surface area contributed by atoms with Crippen LogP contribution >= 0.6 is 0 Å². The van der Waals surface area contributed by atoms with E-state index >= 15 is 0 Å². The number of carbonyl (C=O) groups is 1. The Morgan fingerprint density at radius 1 is 1.53 bits per heavy atom. The normalized spacial score (nSPS) is 13.2. The molecule has 2 aromatic rings. The van der Waals surface area contributed by atoms with E-state index in [2.05, 4.69) is 15.0 Å². The highest BCUT2D eigenvalue weighted by Gasteiger charge is 2.19. The first-order valence-electron chi connectivity index (χ1n) is 5.33. The Balaban J connectivity index is 2.60. The van der Waals surface area contributed by atoms with Crippen molar-refractivity contribution >= 4 is 17.1 Å². The fraction of sp³-hybridized carbons (Fsp3) is 0.364. The van der Waals surface area contributed by atoms with E-state index in [1.807, 2.05) is 13.8 Å². The Kier molecular flexibility index (Phi) is 2.81. The minimum atomic E-state index is -1.07. The molecule has 1 atom stereocenters. The van der Waals surface area contributed by atoms with Crippen LogP contribution in [0.1, 0.15) is 37.2 Å². The van der Waals surface area contributed by atoms with Crippen LogP contribution < -0.4 is 5.73 Å². The first kappa shape index (κ1) is 11.5. The molecule has 17 heavy (non-hydrogen) atoms. The van der Waals surface area contributed by atoms with Gasteiger partial charge in [0.05, 0.1) is 5.52 Å². The van der Waals surface area contributed by atoms with Gasteiger partial charge in [0.2, 0.25) is 0 Å². The Bertz CT molecular complexity index is 562. The number of carboxylic acid groups (broad SMARTS) is 1. The second-order valence-corrected chi connectivity index (χ2v) is 4.19. The van der Waals surface area contributed by atoms with Crippen molar-refractivity contribution in [2.45, 2.75) is 25.8 Å². The van der Waals surface area contributed by atoms with Crippen molar-refractivity contribution in [1.29, 1.82) is 0 Å². The lowest BCUT2D eigenvalue weighted by atomic mass is 10.1. The van der Waals surface area contributed by atoms with Gasteiger partial charge in [-0.3, -0.25) is 4.79 Å². The van der Waals surface area contributed by atoms with Gasteiger partial charge in [0.1, 0.15) is 11.9 Å². The lowest BCUT2D eigenvalue weighted by Crippen LogP contribution is -2.21. The van der Waals surface area contributed by atoms with Crippen LogP contribution in [0.25, 0.3) is 11.2 Å². The summed E-state index contributed by atoms with van der Waals surface area (Å²) < 4.78 is 0.